The fourth-order valence-corrected chi connectivity index (χ4v) is 4.47. The summed E-state index contributed by atoms with van der Waals surface area (Å²) in [5.74, 6) is -0.337. The lowest BCUT2D eigenvalue weighted by molar-refractivity contribution is -0.143. The number of likely N-dealkylation sites (tertiary alicyclic amines) is 2. The molecule has 0 atom stereocenters. The lowest BCUT2D eigenvalue weighted by Crippen LogP contribution is -2.46. The fraction of sp³-hybridized carbons (Fsp3) is 0.591. The first-order valence-electron chi connectivity index (χ1n) is 11.3. The molecule has 2 aliphatic rings. The highest BCUT2D eigenvalue weighted by atomic mass is 19.4. The number of nitrogens with zero attached hydrogens (tertiary/aromatic N) is 6. The molecule has 0 radical (unpaired) electrons. The summed E-state index contributed by atoms with van der Waals surface area (Å²) in [6.45, 7) is 4.07. The number of halogens is 3. The molecule has 2 aliphatic heterocycles. The quantitative estimate of drug-likeness (QED) is 0.668. The molecule has 2 aromatic rings. The largest absolute Gasteiger partial charge is 0.480 e. The number of carbonyl (C=O) groups is 2. The Balaban J connectivity index is 1.48. The summed E-state index contributed by atoms with van der Waals surface area (Å²) in [6, 6.07) is 2.64. The minimum atomic E-state index is -4.84. The molecular formula is C22H27F3N6O3. The van der Waals surface area contributed by atoms with Gasteiger partial charge in [-0.15, -0.1) is 10.2 Å². The van der Waals surface area contributed by atoms with E-state index >= 15 is 0 Å². The lowest BCUT2D eigenvalue weighted by atomic mass is 9.92. The van der Waals surface area contributed by atoms with Crippen LogP contribution in [0.4, 0.5) is 13.2 Å². The van der Waals surface area contributed by atoms with Crippen LogP contribution >= 0.6 is 0 Å². The van der Waals surface area contributed by atoms with E-state index in [9.17, 15) is 22.8 Å². The van der Waals surface area contributed by atoms with Crippen LogP contribution in [0.1, 0.15) is 48.7 Å². The molecule has 12 heteroatoms. The van der Waals surface area contributed by atoms with E-state index in [0.29, 0.717) is 23.4 Å². The van der Waals surface area contributed by atoms with Crippen LogP contribution in [0, 0.1) is 11.8 Å². The molecule has 0 saturated carbocycles. The molecule has 0 unspecified atom stereocenters. The Morgan fingerprint density at radius 2 is 1.65 bits per heavy atom. The zero-order valence-corrected chi connectivity index (χ0v) is 19.1. The number of carbonyl (C=O) groups excluding carboxylic acids is 2. The van der Waals surface area contributed by atoms with Crippen molar-refractivity contribution >= 4 is 11.8 Å². The Morgan fingerprint density at radius 1 is 1.00 bits per heavy atom. The number of methoxy groups -OCH3 is 1. The van der Waals surface area contributed by atoms with Gasteiger partial charge in [0.25, 0.3) is 5.91 Å². The number of hydrogen-bond donors (Lipinski definition) is 0. The average molecular weight is 480 g/mol. The maximum absolute atomic E-state index is 13.9. The highest BCUT2D eigenvalue weighted by Crippen LogP contribution is 2.34. The van der Waals surface area contributed by atoms with Gasteiger partial charge in [-0.05, 0) is 37.7 Å². The van der Waals surface area contributed by atoms with Gasteiger partial charge in [-0.1, -0.05) is 6.92 Å². The predicted molar refractivity (Wildman–Crippen MR) is 114 cm³/mol. The maximum atomic E-state index is 13.9. The lowest BCUT2D eigenvalue weighted by Gasteiger charge is -2.36. The zero-order valence-electron chi connectivity index (χ0n) is 19.1. The number of piperidine rings is 2. The van der Waals surface area contributed by atoms with Crippen molar-refractivity contribution in [2.45, 2.75) is 38.8 Å². The molecular weight excluding hydrogens is 453 g/mol. The van der Waals surface area contributed by atoms with Crippen molar-refractivity contribution in [2.24, 2.45) is 11.8 Å². The van der Waals surface area contributed by atoms with E-state index < -0.39 is 23.3 Å². The van der Waals surface area contributed by atoms with Crippen molar-refractivity contribution in [3.05, 3.63) is 29.6 Å². The standard InChI is InChI=1S/C22H27F3N6O3/c1-14-5-9-29(10-6-14)20(32)15-7-11-30(12-8-15)21(33)16-13-26-31(19(16)22(23,24)25)17-3-4-18(34-2)28-27-17/h3-4,13-15H,5-12H2,1-2H3. The average Bonchev–Trinajstić information content (AvgIpc) is 3.30. The van der Waals surface area contributed by atoms with E-state index in [4.69, 9.17) is 4.74 Å². The second kappa shape index (κ2) is 9.59. The molecule has 2 saturated heterocycles. The summed E-state index contributed by atoms with van der Waals surface area (Å²) in [4.78, 5) is 29.1. The number of ether oxygens (including phenoxy) is 1. The SMILES string of the molecule is COc1ccc(-n2ncc(C(=O)N3CCC(C(=O)N4CCC(C)CC4)CC3)c2C(F)(F)F)nn1. The first kappa shape index (κ1) is 24.0. The van der Waals surface area contributed by atoms with Crippen LogP contribution in [-0.4, -0.2) is 74.9 Å². The van der Waals surface area contributed by atoms with Crippen LogP contribution in [-0.2, 0) is 11.0 Å². The first-order chi connectivity index (χ1) is 16.2. The van der Waals surface area contributed by atoms with Gasteiger partial charge in [0.1, 0.15) is 0 Å². The third kappa shape index (κ3) is 4.85. The summed E-state index contributed by atoms with van der Waals surface area (Å²) in [7, 11) is 1.36. The monoisotopic (exact) mass is 480 g/mol. The summed E-state index contributed by atoms with van der Waals surface area (Å²) in [5, 5.41) is 11.2. The molecule has 0 aliphatic carbocycles. The smallest absolute Gasteiger partial charge is 0.434 e. The molecule has 2 amide bonds. The minimum absolute atomic E-state index is 0.0841. The number of hydrogen-bond acceptors (Lipinski definition) is 6. The number of alkyl halides is 3. The molecule has 2 aromatic heterocycles. The van der Waals surface area contributed by atoms with Crippen molar-refractivity contribution in [3.8, 4) is 11.7 Å². The van der Waals surface area contributed by atoms with Crippen LogP contribution in [0.5, 0.6) is 5.88 Å². The molecule has 0 aromatic carbocycles. The van der Waals surface area contributed by atoms with E-state index in [1.807, 2.05) is 4.90 Å². The topological polar surface area (TPSA) is 93.5 Å². The molecule has 9 nitrogen and oxygen atoms in total. The second-order valence-electron chi connectivity index (χ2n) is 8.82. The normalized spacial score (nSPS) is 18.3. The summed E-state index contributed by atoms with van der Waals surface area (Å²) in [6.07, 6.45) is -1.13. The van der Waals surface area contributed by atoms with Gasteiger partial charge in [-0.2, -0.15) is 18.3 Å². The van der Waals surface area contributed by atoms with Crippen molar-refractivity contribution in [3.63, 3.8) is 0 Å². The Kier molecular flexibility index (Phi) is 6.76. The van der Waals surface area contributed by atoms with Crippen LogP contribution < -0.4 is 4.74 Å². The van der Waals surface area contributed by atoms with Gasteiger partial charge >= 0.3 is 6.18 Å². The molecule has 2 fully saturated rings. The van der Waals surface area contributed by atoms with Gasteiger partial charge in [0.05, 0.1) is 18.9 Å². The van der Waals surface area contributed by atoms with Crippen LogP contribution in [0.25, 0.3) is 5.82 Å². The summed E-state index contributed by atoms with van der Waals surface area (Å²) < 4.78 is 47.3. The van der Waals surface area contributed by atoms with Crippen molar-refractivity contribution in [2.75, 3.05) is 33.3 Å². The summed E-state index contributed by atoms with van der Waals surface area (Å²) >= 11 is 0. The maximum Gasteiger partial charge on any atom is 0.434 e. The Bertz CT molecular complexity index is 1020. The molecule has 0 spiro atoms. The van der Waals surface area contributed by atoms with E-state index in [2.05, 4.69) is 22.2 Å². The molecule has 0 bridgehead atoms. The molecule has 184 valence electrons. The van der Waals surface area contributed by atoms with Gasteiger partial charge in [-0.3, -0.25) is 9.59 Å². The van der Waals surface area contributed by atoms with Gasteiger partial charge in [0, 0.05) is 38.2 Å². The Hall–Kier alpha value is -3.18. The molecule has 4 rings (SSSR count). The minimum Gasteiger partial charge on any atom is -0.480 e. The number of rotatable bonds is 4. The third-order valence-electron chi connectivity index (χ3n) is 6.55. The molecule has 34 heavy (non-hydrogen) atoms. The second-order valence-corrected chi connectivity index (χ2v) is 8.82. The number of amides is 2. The first-order valence-corrected chi connectivity index (χ1v) is 11.3. The van der Waals surface area contributed by atoms with E-state index in [1.165, 1.54) is 24.1 Å². The summed E-state index contributed by atoms with van der Waals surface area (Å²) in [5.41, 5.74) is -1.77. The Morgan fingerprint density at radius 3 is 2.21 bits per heavy atom. The van der Waals surface area contributed by atoms with Crippen molar-refractivity contribution in [1.29, 1.82) is 0 Å². The third-order valence-corrected chi connectivity index (χ3v) is 6.55. The molecule has 0 N–H and O–H groups in total. The van der Waals surface area contributed by atoms with Gasteiger partial charge in [-0.25, -0.2) is 4.68 Å². The van der Waals surface area contributed by atoms with E-state index in [0.717, 1.165) is 32.1 Å². The van der Waals surface area contributed by atoms with Gasteiger partial charge < -0.3 is 14.5 Å². The number of aromatic nitrogens is 4. The Labute approximate surface area is 194 Å². The van der Waals surface area contributed by atoms with Gasteiger partial charge in [0.15, 0.2) is 11.5 Å². The van der Waals surface area contributed by atoms with Gasteiger partial charge in [0.2, 0.25) is 11.8 Å². The van der Waals surface area contributed by atoms with E-state index in [-0.39, 0.29) is 36.6 Å². The van der Waals surface area contributed by atoms with E-state index in [1.54, 1.807) is 0 Å². The molecule has 4 heterocycles. The van der Waals surface area contributed by atoms with Crippen LogP contribution in [0.2, 0.25) is 0 Å². The van der Waals surface area contributed by atoms with Crippen LogP contribution in [0.3, 0.4) is 0 Å². The van der Waals surface area contributed by atoms with Crippen molar-refractivity contribution < 1.29 is 27.5 Å². The van der Waals surface area contributed by atoms with Crippen molar-refractivity contribution in [1.82, 2.24) is 29.8 Å². The zero-order chi connectivity index (χ0) is 24.5. The van der Waals surface area contributed by atoms with Crippen LogP contribution in [0.15, 0.2) is 18.3 Å². The fourth-order valence-electron chi connectivity index (χ4n) is 4.47. The highest BCUT2D eigenvalue weighted by Gasteiger charge is 2.42. The highest BCUT2D eigenvalue weighted by molar-refractivity contribution is 5.95. The predicted octanol–water partition coefficient (Wildman–Crippen LogP) is 2.80.